The van der Waals surface area contributed by atoms with Crippen LogP contribution < -0.4 is 48.7 Å². The van der Waals surface area contributed by atoms with Crippen molar-refractivity contribution in [2.75, 3.05) is 31.7 Å². The molecule has 1 aromatic heterocycles. The first-order valence-corrected chi connectivity index (χ1v) is 27.6. The maximum Gasteiger partial charge on any atom is 0.326 e. The minimum atomic E-state index is -1.95. The molecule has 16 N–H and O–H groups in total. The highest BCUT2D eigenvalue weighted by Crippen LogP contribution is 2.22. The van der Waals surface area contributed by atoms with Gasteiger partial charge in [0.15, 0.2) is 0 Å². The number of carboxylic acids is 3. The van der Waals surface area contributed by atoms with Gasteiger partial charge in [0.1, 0.15) is 48.3 Å². The number of carboxylic acid groups (broad SMARTS) is 3. The summed E-state index contributed by atoms with van der Waals surface area (Å²) in [6, 6.07) is -5.75. The molecule has 1 aliphatic rings. The average Bonchev–Trinajstić information content (AvgIpc) is 4.06. The first-order valence-electron chi connectivity index (χ1n) is 26.2. The van der Waals surface area contributed by atoms with Gasteiger partial charge in [0.25, 0.3) is 0 Å². The number of aliphatic hydroxyl groups excluding tert-OH is 1. The van der Waals surface area contributed by atoms with Crippen LogP contribution in [0.4, 0.5) is 0 Å². The van der Waals surface area contributed by atoms with Crippen molar-refractivity contribution in [3.63, 3.8) is 0 Å². The van der Waals surface area contributed by atoms with Crippen LogP contribution in [0.1, 0.15) is 104 Å². The summed E-state index contributed by atoms with van der Waals surface area (Å²) in [4.78, 5) is 151. The van der Waals surface area contributed by atoms with Crippen molar-refractivity contribution >= 4 is 87.8 Å². The number of hydrogen-bond acceptors (Lipinski definition) is 15. The Hall–Kier alpha value is -6.84. The number of hydrogen-bond donors (Lipinski definition) is 14. The van der Waals surface area contributed by atoms with Gasteiger partial charge in [0, 0.05) is 36.5 Å². The summed E-state index contributed by atoms with van der Waals surface area (Å²) in [5.41, 5.74) is 13.1. The summed E-state index contributed by atoms with van der Waals surface area (Å²) in [6.07, 6.45) is 2.79. The number of aliphatic hydroxyl groups is 1. The van der Waals surface area contributed by atoms with Gasteiger partial charge in [-0.25, -0.2) is 4.79 Å². The van der Waals surface area contributed by atoms with Gasteiger partial charge in [0.2, 0.25) is 47.3 Å². The molecule has 27 heteroatoms. The van der Waals surface area contributed by atoms with Crippen molar-refractivity contribution in [3.05, 3.63) is 36.0 Å². The van der Waals surface area contributed by atoms with Crippen LogP contribution >= 0.6 is 11.8 Å². The molecule has 78 heavy (non-hydrogen) atoms. The molecule has 2 aromatic rings. The highest BCUT2D eigenvalue weighted by Gasteiger charge is 2.41. The molecule has 0 spiro atoms. The number of nitrogens with one attached hydrogen (secondary N) is 8. The van der Waals surface area contributed by atoms with Crippen LogP contribution in [-0.4, -0.2) is 182 Å². The second kappa shape index (κ2) is 32.8. The Morgan fingerprint density at radius 1 is 0.718 bits per heavy atom. The first-order chi connectivity index (χ1) is 37.0. The molecule has 26 nitrogen and oxygen atoms in total. The third-order valence-corrected chi connectivity index (χ3v) is 14.0. The summed E-state index contributed by atoms with van der Waals surface area (Å²) in [6.45, 7) is 6.51. The molecule has 0 aliphatic carbocycles. The van der Waals surface area contributed by atoms with E-state index in [0.29, 0.717) is 41.5 Å². The predicted octanol–water partition coefficient (Wildman–Crippen LogP) is -1.19. The molecular formula is C51H79N11O15S. The van der Waals surface area contributed by atoms with Crippen molar-refractivity contribution in [3.8, 4) is 0 Å². The maximum absolute atomic E-state index is 14.4. The molecular weight excluding hydrogens is 1040 g/mol. The molecule has 1 fully saturated rings. The fraction of sp³-hybridized carbons (Fsp3) is 0.627. The largest absolute Gasteiger partial charge is 0.481 e. The zero-order valence-electron chi connectivity index (χ0n) is 44.8. The molecule has 434 valence electrons. The van der Waals surface area contributed by atoms with E-state index in [0.717, 1.165) is 0 Å². The van der Waals surface area contributed by atoms with E-state index in [1.54, 1.807) is 30.5 Å². The highest BCUT2D eigenvalue weighted by molar-refractivity contribution is 7.98. The normalized spacial score (nSPS) is 16.7. The van der Waals surface area contributed by atoms with Gasteiger partial charge in [0.05, 0.1) is 19.1 Å². The van der Waals surface area contributed by atoms with Crippen LogP contribution in [0.5, 0.6) is 0 Å². The van der Waals surface area contributed by atoms with Gasteiger partial charge >= 0.3 is 17.9 Å². The molecule has 1 saturated heterocycles. The number of nitrogens with two attached hydrogens (primary N) is 2. The Bertz CT molecular complexity index is 2410. The zero-order valence-corrected chi connectivity index (χ0v) is 45.7. The molecule has 2 heterocycles. The number of para-hydroxylation sites is 1. The van der Waals surface area contributed by atoms with Gasteiger partial charge in [-0.05, 0) is 93.4 Å². The predicted molar refractivity (Wildman–Crippen MR) is 287 cm³/mol. The number of aromatic amines is 1. The number of carbonyl (C=O) groups is 11. The number of carbonyl (C=O) groups excluding carboxylic acids is 8. The first kappa shape index (κ1) is 65.4. The van der Waals surface area contributed by atoms with Crippen molar-refractivity contribution in [1.82, 2.24) is 47.1 Å². The van der Waals surface area contributed by atoms with E-state index < -0.39 is 145 Å². The SMILES string of the molecule is CC[C@H](C)[C@H](N)C(=O)N[C@@H](CCSC)C(=O)N[C@@H](CC(C)C)C(=O)N1CCC[C@H]1C(=O)N[C@@H](CCC(=O)O)C(=O)N[C@@H](CCCCN)C(=O)N[C@@H](CC(=O)O)C(=O)N[C@@H](CO)C(=O)N[C@@H](Cc1c[nH]c2ccccc12)C(=O)O. The zero-order chi connectivity index (χ0) is 58.2. The number of H-pyrrole nitrogens is 1. The molecule has 3 rings (SSSR count). The number of fused-ring (bicyclic) bond motifs is 1. The topological polar surface area (TPSA) is 424 Å². The lowest BCUT2D eigenvalue weighted by atomic mass is 9.98. The van der Waals surface area contributed by atoms with Crippen molar-refractivity contribution < 1.29 is 73.2 Å². The lowest BCUT2D eigenvalue weighted by molar-refractivity contribution is -0.143. The monoisotopic (exact) mass is 1120 g/mol. The molecule has 0 radical (unpaired) electrons. The molecule has 1 aromatic carbocycles. The Balaban J connectivity index is 1.82. The van der Waals surface area contributed by atoms with E-state index >= 15 is 0 Å². The van der Waals surface area contributed by atoms with E-state index in [1.165, 1.54) is 16.7 Å². The number of benzene rings is 1. The number of aliphatic carboxylic acids is 3. The molecule has 0 saturated carbocycles. The fourth-order valence-electron chi connectivity index (χ4n) is 8.71. The number of likely N-dealkylation sites (tertiary alicyclic amines) is 1. The lowest BCUT2D eigenvalue weighted by Crippen LogP contribution is -2.60. The number of amides is 8. The second-order valence-corrected chi connectivity index (χ2v) is 20.8. The van der Waals surface area contributed by atoms with Crippen LogP contribution in [0.2, 0.25) is 0 Å². The maximum atomic E-state index is 14.4. The lowest BCUT2D eigenvalue weighted by Gasteiger charge is -2.31. The summed E-state index contributed by atoms with van der Waals surface area (Å²) >= 11 is 1.45. The second-order valence-electron chi connectivity index (χ2n) is 19.8. The number of thioether (sulfide) groups is 1. The Labute approximate surface area is 456 Å². The number of rotatable bonds is 35. The van der Waals surface area contributed by atoms with E-state index in [1.807, 2.05) is 34.0 Å². The fourth-order valence-corrected chi connectivity index (χ4v) is 9.18. The smallest absolute Gasteiger partial charge is 0.326 e. The molecule has 0 bridgehead atoms. The van der Waals surface area contributed by atoms with Crippen LogP contribution in [0, 0.1) is 11.8 Å². The quantitative estimate of drug-likeness (QED) is 0.0361. The van der Waals surface area contributed by atoms with E-state index in [2.05, 4.69) is 42.2 Å². The van der Waals surface area contributed by atoms with E-state index in [4.69, 9.17) is 11.5 Å². The molecule has 1 aliphatic heterocycles. The Morgan fingerprint density at radius 2 is 1.28 bits per heavy atom. The van der Waals surface area contributed by atoms with Gasteiger partial charge < -0.3 is 79.0 Å². The van der Waals surface area contributed by atoms with Crippen LogP contribution in [0.25, 0.3) is 10.9 Å². The van der Waals surface area contributed by atoms with Gasteiger partial charge in [-0.1, -0.05) is 52.3 Å². The van der Waals surface area contributed by atoms with Gasteiger partial charge in [-0.15, -0.1) is 0 Å². The standard InChI is InChI=1S/C51H79N11O15S/c1-6-28(4)42(53)49(74)57-34(18-21-78-5)45(70)59-36(22-27(2)3)50(75)62-20-11-15-39(62)48(73)56-33(16-17-40(64)65)44(69)55-32(14-9-10-19-52)43(68)58-35(24-41(66)67)46(71)61-38(26-63)47(72)60-37(51(76)77)23-29-25-54-31-13-8-7-12-30(29)31/h7-8,12-13,25,27-28,32-39,42,54,63H,6,9-11,14-24,26,52-53H2,1-5H3,(H,55,69)(H,56,73)(H,57,74)(H,58,68)(H,59,70)(H,60,72)(H,61,71)(H,64,65)(H,66,67)(H,76,77)/t28-,32-,33-,34-,35-,36-,37-,38-,39-,42-/m0/s1. The highest BCUT2D eigenvalue weighted by atomic mass is 32.2. The number of unbranched alkanes of at least 4 members (excludes halogenated alkanes) is 1. The summed E-state index contributed by atoms with van der Waals surface area (Å²) in [5, 5.41) is 57.3. The van der Waals surface area contributed by atoms with Crippen LogP contribution in [0.3, 0.4) is 0 Å². The third kappa shape index (κ3) is 20.5. The van der Waals surface area contributed by atoms with E-state index in [-0.39, 0.29) is 63.5 Å². The average molecular weight is 1120 g/mol. The van der Waals surface area contributed by atoms with Crippen LogP contribution in [0.15, 0.2) is 30.5 Å². The molecule has 0 unspecified atom stereocenters. The van der Waals surface area contributed by atoms with Gasteiger partial charge in [-0.3, -0.25) is 47.9 Å². The van der Waals surface area contributed by atoms with E-state index in [9.17, 15) is 73.2 Å². The van der Waals surface area contributed by atoms with Crippen molar-refractivity contribution in [2.45, 2.75) is 159 Å². The van der Waals surface area contributed by atoms with Crippen molar-refractivity contribution in [1.29, 1.82) is 0 Å². The van der Waals surface area contributed by atoms with Crippen molar-refractivity contribution in [2.24, 2.45) is 23.3 Å². The number of nitrogens with zero attached hydrogens (tertiary/aromatic N) is 1. The molecule has 10 atom stereocenters. The number of aromatic nitrogens is 1. The Morgan fingerprint density at radius 3 is 1.87 bits per heavy atom. The minimum absolute atomic E-state index is 0.0800. The summed E-state index contributed by atoms with van der Waals surface area (Å²) in [5.74, 6) is -11.4. The minimum Gasteiger partial charge on any atom is -0.481 e. The summed E-state index contributed by atoms with van der Waals surface area (Å²) < 4.78 is 0. The van der Waals surface area contributed by atoms with Gasteiger partial charge in [-0.2, -0.15) is 11.8 Å². The Kier molecular flexibility index (Phi) is 27.5. The molecule has 8 amide bonds. The van der Waals surface area contributed by atoms with Crippen LogP contribution in [-0.2, 0) is 59.2 Å². The summed E-state index contributed by atoms with van der Waals surface area (Å²) in [7, 11) is 0. The third-order valence-electron chi connectivity index (χ3n) is 13.4.